The molecule has 2 aliphatic heterocycles. The van der Waals surface area contributed by atoms with Gasteiger partial charge in [-0.3, -0.25) is 9.69 Å². The zero-order valence-corrected chi connectivity index (χ0v) is 20.0. The second-order valence-corrected chi connectivity index (χ2v) is 8.89. The number of morpholine rings is 2. The number of nitrogens with one attached hydrogen (secondary N) is 1. The zero-order valence-electron chi connectivity index (χ0n) is 19.2. The third kappa shape index (κ3) is 6.93. The Morgan fingerprint density at radius 1 is 1.03 bits per heavy atom. The molecule has 0 aromatic heterocycles. The maximum Gasteiger partial charge on any atom is 0.322 e. The highest BCUT2D eigenvalue weighted by Gasteiger charge is 2.28. The van der Waals surface area contributed by atoms with Gasteiger partial charge < -0.3 is 24.6 Å². The Labute approximate surface area is 205 Å². The quantitative estimate of drug-likeness (QED) is 0.651. The predicted octanol–water partition coefficient (Wildman–Crippen LogP) is 3.05. The SMILES string of the molecule is O=C(Nc1cccc(Cl)c1)N1CCO[C@@H](CN(CCN2CCOCC2)C(=O)c2ccccc2)C1. The van der Waals surface area contributed by atoms with Crippen LogP contribution in [-0.4, -0.2) is 98.4 Å². The van der Waals surface area contributed by atoms with Gasteiger partial charge in [0, 0.05) is 55.5 Å². The fraction of sp³-hybridized carbons (Fsp3) is 0.440. The van der Waals surface area contributed by atoms with Crippen LogP contribution in [0.2, 0.25) is 5.02 Å². The van der Waals surface area contributed by atoms with E-state index in [2.05, 4.69) is 10.2 Å². The molecule has 3 amide bonds. The second-order valence-electron chi connectivity index (χ2n) is 8.45. The molecule has 4 rings (SSSR count). The Morgan fingerprint density at radius 3 is 2.59 bits per heavy atom. The van der Waals surface area contributed by atoms with Gasteiger partial charge in [0.2, 0.25) is 0 Å². The highest BCUT2D eigenvalue weighted by molar-refractivity contribution is 6.30. The first-order valence-corrected chi connectivity index (χ1v) is 12.0. The molecule has 34 heavy (non-hydrogen) atoms. The van der Waals surface area contributed by atoms with E-state index >= 15 is 0 Å². The maximum absolute atomic E-state index is 13.3. The van der Waals surface area contributed by atoms with Crippen molar-refractivity contribution in [3.63, 3.8) is 0 Å². The van der Waals surface area contributed by atoms with Gasteiger partial charge in [-0.1, -0.05) is 35.9 Å². The van der Waals surface area contributed by atoms with Crippen molar-refractivity contribution in [3.05, 3.63) is 65.2 Å². The Kier molecular flexibility index (Phi) is 8.76. The van der Waals surface area contributed by atoms with Crippen molar-refractivity contribution in [1.82, 2.24) is 14.7 Å². The molecule has 0 spiro atoms. The van der Waals surface area contributed by atoms with Crippen molar-refractivity contribution in [2.45, 2.75) is 6.10 Å². The third-order valence-corrected chi connectivity index (χ3v) is 6.26. The molecular weight excluding hydrogens is 456 g/mol. The molecule has 1 atom stereocenters. The maximum atomic E-state index is 13.3. The molecule has 0 aliphatic carbocycles. The number of carbonyl (C=O) groups is 2. The lowest BCUT2D eigenvalue weighted by molar-refractivity contribution is -0.0282. The fourth-order valence-corrected chi connectivity index (χ4v) is 4.35. The van der Waals surface area contributed by atoms with E-state index in [9.17, 15) is 9.59 Å². The largest absolute Gasteiger partial charge is 0.379 e. The van der Waals surface area contributed by atoms with Gasteiger partial charge >= 0.3 is 6.03 Å². The molecule has 0 bridgehead atoms. The minimum atomic E-state index is -0.267. The first-order chi connectivity index (χ1) is 16.6. The van der Waals surface area contributed by atoms with E-state index < -0.39 is 0 Å². The van der Waals surface area contributed by atoms with Crippen LogP contribution in [0.5, 0.6) is 0 Å². The molecule has 0 unspecified atom stereocenters. The van der Waals surface area contributed by atoms with Crippen LogP contribution in [-0.2, 0) is 9.47 Å². The number of rotatable bonds is 7. The van der Waals surface area contributed by atoms with Crippen LogP contribution in [0.1, 0.15) is 10.4 Å². The normalized spacial score (nSPS) is 19.0. The van der Waals surface area contributed by atoms with E-state index in [1.807, 2.05) is 35.2 Å². The van der Waals surface area contributed by atoms with E-state index in [0.29, 0.717) is 49.1 Å². The molecule has 1 N–H and O–H groups in total. The smallest absolute Gasteiger partial charge is 0.322 e. The number of amides is 3. The van der Waals surface area contributed by atoms with Crippen LogP contribution in [0.15, 0.2) is 54.6 Å². The summed E-state index contributed by atoms with van der Waals surface area (Å²) in [6.07, 6.45) is -0.267. The average Bonchev–Trinajstić information content (AvgIpc) is 2.87. The lowest BCUT2D eigenvalue weighted by Gasteiger charge is -2.36. The highest BCUT2D eigenvalue weighted by atomic mass is 35.5. The van der Waals surface area contributed by atoms with Crippen LogP contribution < -0.4 is 5.32 Å². The summed E-state index contributed by atoms with van der Waals surface area (Å²) < 4.78 is 11.4. The van der Waals surface area contributed by atoms with Crippen LogP contribution in [0.4, 0.5) is 10.5 Å². The van der Waals surface area contributed by atoms with Gasteiger partial charge in [0.25, 0.3) is 5.91 Å². The van der Waals surface area contributed by atoms with Crippen molar-refractivity contribution in [3.8, 4) is 0 Å². The van der Waals surface area contributed by atoms with Gasteiger partial charge in [0.05, 0.1) is 32.5 Å². The molecule has 182 valence electrons. The molecule has 2 heterocycles. The fourth-order valence-electron chi connectivity index (χ4n) is 4.15. The number of hydrogen-bond donors (Lipinski definition) is 1. The molecule has 2 fully saturated rings. The van der Waals surface area contributed by atoms with Crippen LogP contribution in [0, 0.1) is 0 Å². The number of anilines is 1. The summed E-state index contributed by atoms with van der Waals surface area (Å²) in [6, 6.07) is 16.2. The van der Waals surface area contributed by atoms with Gasteiger partial charge in [-0.25, -0.2) is 4.79 Å². The van der Waals surface area contributed by atoms with Crippen LogP contribution in [0.3, 0.4) is 0 Å². The molecule has 0 saturated carbocycles. The molecule has 0 radical (unpaired) electrons. The van der Waals surface area contributed by atoms with Gasteiger partial charge in [0.1, 0.15) is 0 Å². The first-order valence-electron chi connectivity index (χ1n) is 11.7. The number of ether oxygens (including phenoxy) is 2. The van der Waals surface area contributed by atoms with Crippen molar-refractivity contribution >= 4 is 29.2 Å². The average molecular weight is 487 g/mol. The monoisotopic (exact) mass is 486 g/mol. The summed E-state index contributed by atoms with van der Waals surface area (Å²) in [5, 5.41) is 3.45. The van der Waals surface area contributed by atoms with Crippen LogP contribution in [0.25, 0.3) is 0 Å². The molecule has 2 aromatic rings. The van der Waals surface area contributed by atoms with Crippen molar-refractivity contribution < 1.29 is 19.1 Å². The van der Waals surface area contributed by atoms with Gasteiger partial charge in [0.15, 0.2) is 0 Å². The highest BCUT2D eigenvalue weighted by Crippen LogP contribution is 2.17. The van der Waals surface area contributed by atoms with Crippen molar-refractivity contribution in [2.75, 3.05) is 71.0 Å². The minimum Gasteiger partial charge on any atom is -0.379 e. The Hall–Kier alpha value is -2.65. The van der Waals surface area contributed by atoms with E-state index in [0.717, 1.165) is 32.8 Å². The number of hydrogen-bond acceptors (Lipinski definition) is 5. The van der Waals surface area contributed by atoms with Crippen molar-refractivity contribution in [2.24, 2.45) is 0 Å². The number of urea groups is 1. The van der Waals surface area contributed by atoms with Gasteiger partial charge in [-0.2, -0.15) is 0 Å². The molecule has 9 heteroatoms. The van der Waals surface area contributed by atoms with E-state index in [1.54, 1.807) is 29.2 Å². The number of nitrogens with zero attached hydrogens (tertiary/aromatic N) is 3. The third-order valence-electron chi connectivity index (χ3n) is 6.02. The standard InChI is InChI=1S/C25H31ClN4O4/c26-21-7-4-8-22(17-21)27-25(32)30-13-16-34-23(19-30)18-29(10-9-28-11-14-33-15-12-28)24(31)20-5-2-1-3-6-20/h1-8,17,23H,9-16,18-19H2,(H,27,32)/t23-/m0/s1. The number of benzene rings is 2. The summed E-state index contributed by atoms with van der Waals surface area (Å²) in [6.45, 7) is 6.25. The Morgan fingerprint density at radius 2 is 1.82 bits per heavy atom. The van der Waals surface area contributed by atoms with E-state index in [1.165, 1.54) is 0 Å². The predicted molar refractivity (Wildman–Crippen MR) is 131 cm³/mol. The Bertz CT molecular complexity index is 955. The number of halogens is 1. The summed E-state index contributed by atoms with van der Waals surface area (Å²) in [4.78, 5) is 32.0. The molecule has 2 aromatic carbocycles. The molecule has 2 saturated heterocycles. The summed E-state index contributed by atoms with van der Waals surface area (Å²) in [7, 11) is 0. The summed E-state index contributed by atoms with van der Waals surface area (Å²) in [5.74, 6) is -0.0297. The first kappa shape index (κ1) is 24.5. The summed E-state index contributed by atoms with van der Waals surface area (Å²) in [5.41, 5.74) is 1.29. The summed E-state index contributed by atoms with van der Waals surface area (Å²) >= 11 is 6.03. The van der Waals surface area contributed by atoms with Gasteiger partial charge in [-0.05, 0) is 30.3 Å². The Balaban J connectivity index is 1.38. The topological polar surface area (TPSA) is 74.4 Å². The minimum absolute atomic E-state index is 0.0297. The van der Waals surface area contributed by atoms with E-state index in [-0.39, 0.29) is 18.0 Å². The van der Waals surface area contributed by atoms with Gasteiger partial charge in [-0.15, -0.1) is 0 Å². The van der Waals surface area contributed by atoms with E-state index in [4.69, 9.17) is 21.1 Å². The molecule has 2 aliphatic rings. The van der Waals surface area contributed by atoms with Crippen molar-refractivity contribution in [1.29, 1.82) is 0 Å². The van der Waals surface area contributed by atoms with Crippen LogP contribution >= 0.6 is 11.6 Å². The zero-order chi connectivity index (χ0) is 23.8. The lowest BCUT2D eigenvalue weighted by atomic mass is 10.1. The molecule has 8 nitrogen and oxygen atoms in total. The number of carbonyl (C=O) groups excluding carboxylic acids is 2. The second kappa shape index (κ2) is 12.2. The lowest BCUT2D eigenvalue weighted by Crippen LogP contribution is -2.52. The molecular formula is C25H31ClN4O4.